The lowest BCUT2D eigenvalue weighted by Crippen LogP contribution is -2.49. The van der Waals surface area contributed by atoms with Crippen molar-refractivity contribution in [1.82, 2.24) is 10.2 Å². The van der Waals surface area contributed by atoms with Gasteiger partial charge in [-0.15, -0.1) is 0 Å². The van der Waals surface area contributed by atoms with Crippen molar-refractivity contribution in [2.75, 3.05) is 24.6 Å². The molecule has 23 heavy (non-hydrogen) atoms. The van der Waals surface area contributed by atoms with Gasteiger partial charge in [0.2, 0.25) is 0 Å². The fraction of sp³-hybridized carbons (Fsp3) is 0.400. The van der Waals surface area contributed by atoms with Gasteiger partial charge in [0.25, 0.3) is 0 Å². The number of carbonyl (C=O) groups excluding carboxylic acids is 1. The van der Waals surface area contributed by atoms with Crippen LogP contribution >= 0.6 is 0 Å². The summed E-state index contributed by atoms with van der Waals surface area (Å²) >= 11 is 0. The first-order valence-corrected chi connectivity index (χ1v) is 8.88. The normalized spacial score (nSPS) is 18.3. The molecule has 1 aromatic rings. The summed E-state index contributed by atoms with van der Waals surface area (Å²) in [6, 6.07) is 2.22. The van der Waals surface area contributed by atoms with E-state index in [2.05, 4.69) is 11.9 Å². The molecule has 0 saturated carbocycles. The molecule has 1 aliphatic heterocycles. The summed E-state index contributed by atoms with van der Waals surface area (Å²) in [6.07, 6.45) is 0. The van der Waals surface area contributed by atoms with Crippen LogP contribution in [0.15, 0.2) is 30.4 Å². The minimum atomic E-state index is -3.09. The molecule has 1 fully saturated rings. The molecule has 1 aromatic carbocycles. The fourth-order valence-electron chi connectivity index (χ4n) is 2.31. The minimum absolute atomic E-state index is 0.0800. The van der Waals surface area contributed by atoms with Crippen molar-refractivity contribution in [3.05, 3.63) is 47.5 Å². The predicted molar refractivity (Wildman–Crippen MR) is 82.7 cm³/mol. The number of benzene rings is 1. The molecule has 1 unspecified atom stereocenters. The summed E-state index contributed by atoms with van der Waals surface area (Å²) in [5, 5.41) is 2.68. The van der Waals surface area contributed by atoms with E-state index < -0.39 is 33.5 Å². The summed E-state index contributed by atoms with van der Waals surface area (Å²) in [6.45, 7) is 5.63. The van der Waals surface area contributed by atoms with Crippen LogP contribution in [0, 0.1) is 11.6 Å². The first kappa shape index (κ1) is 17.4. The van der Waals surface area contributed by atoms with Crippen LogP contribution in [-0.4, -0.2) is 43.9 Å². The lowest BCUT2D eigenvalue weighted by atomic mass is 10.0. The molecule has 1 aliphatic rings. The van der Waals surface area contributed by atoms with Crippen molar-refractivity contribution < 1.29 is 22.0 Å². The van der Waals surface area contributed by atoms with E-state index in [1.54, 1.807) is 6.92 Å². The van der Waals surface area contributed by atoms with E-state index >= 15 is 0 Å². The molecule has 1 heterocycles. The van der Waals surface area contributed by atoms with Crippen molar-refractivity contribution in [2.24, 2.45) is 0 Å². The summed E-state index contributed by atoms with van der Waals surface area (Å²) in [5.74, 6) is -2.14. The average molecular weight is 344 g/mol. The maximum Gasteiger partial charge on any atom is 0.318 e. The molecule has 2 rings (SSSR count). The van der Waals surface area contributed by atoms with Gasteiger partial charge in [-0.25, -0.2) is 22.0 Å². The Morgan fingerprint density at radius 2 is 1.87 bits per heavy atom. The number of hydrogen-bond acceptors (Lipinski definition) is 3. The summed E-state index contributed by atoms with van der Waals surface area (Å²) in [4.78, 5) is 13.6. The highest BCUT2D eigenvalue weighted by molar-refractivity contribution is 7.91. The number of nitrogens with one attached hydrogen (secondary N) is 1. The van der Waals surface area contributed by atoms with Crippen molar-refractivity contribution in [3.8, 4) is 0 Å². The Morgan fingerprint density at radius 3 is 2.39 bits per heavy atom. The molecular weight excluding hydrogens is 326 g/mol. The van der Waals surface area contributed by atoms with Crippen molar-refractivity contribution >= 4 is 15.9 Å². The van der Waals surface area contributed by atoms with Gasteiger partial charge in [-0.05, 0) is 24.6 Å². The first-order chi connectivity index (χ1) is 10.7. The van der Waals surface area contributed by atoms with E-state index in [0.29, 0.717) is 11.1 Å². The molecule has 1 saturated heterocycles. The third kappa shape index (κ3) is 4.28. The molecule has 0 aromatic heterocycles. The quantitative estimate of drug-likeness (QED) is 0.853. The maximum atomic E-state index is 13.4. The molecule has 0 radical (unpaired) electrons. The van der Waals surface area contributed by atoms with Gasteiger partial charge in [-0.3, -0.25) is 0 Å². The first-order valence-electron chi connectivity index (χ1n) is 7.06. The SMILES string of the molecule is C=C(C)C(NC(=O)N1CCS(=O)(=O)CC1)c1ccc(F)c(F)c1. The highest BCUT2D eigenvalue weighted by atomic mass is 32.2. The molecule has 1 atom stereocenters. The second-order valence-corrected chi connectivity index (χ2v) is 7.84. The fourth-order valence-corrected chi connectivity index (χ4v) is 3.51. The lowest BCUT2D eigenvalue weighted by Gasteiger charge is -2.29. The van der Waals surface area contributed by atoms with Crippen LogP contribution < -0.4 is 5.32 Å². The highest BCUT2D eigenvalue weighted by Crippen LogP contribution is 2.22. The summed E-state index contributed by atoms with van der Waals surface area (Å²) < 4.78 is 49.2. The van der Waals surface area contributed by atoms with Crippen LogP contribution in [-0.2, 0) is 9.84 Å². The molecule has 8 heteroatoms. The lowest BCUT2D eigenvalue weighted by molar-refractivity contribution is 0.199. The Bertz CT molecular complexity index is 720. The van der Waals surface area contributed by atoms with Crippen molar-refractivity contribution in [1.29, 1.82) is 0 Å². The minimum Gasteiger partial charge on any atom is -0.327 e. The second kappa shape index (κ2) is 6.66. The largest absolute Gasteiger partial charge is 0.327 e. The van der Waals surface area contributed by atoms with E-state index in [1.807, 2.05) is 0 Å². The van der Waals surface area contributed by atoms with Crippen LogP contribution in [0.3, 0.4) is 0 Å². The Kier molecular flexibility index (Phi) is 5.03. The van der Waals surface area contributed by atoms with Gasteiger partial charge >= 0.3 is 6.03 Å². The number of urea groups is 1. The van der Waals surface area contributed by atoms with Crippen LogP contribution in [0.2, 0.25) is 0 Å². The standard InChI is InChI=1S/C15H18F2N2O3S/c1-10(2)14(11-3-4-12(16)13(17)9-11)18-15(20)19-5-7-23(21,22)8-6-19/h3-4,9,14H,1,5-8H2,2H3,(H,18,20). The van der Waals surface area contributed by atoms with Crippen molar-refractivity contribution in [3.63, 3.8) is 0 Å². The topological polar surface area (TPSA) is 66.5 Å². The Hall–Kier alpha value is -1.96. The van der Waals surface area contributed by atoms with Crippen LogP contribution in [0.25, 0.3) is 0 Å². The zero-order valence-electron chi connectivity index (χ0n) is 12.7. The summed E-state index contributed by atoms with van der Waals surface area (Å²) in [7, 11) is -3.09. The Morgan fingerprint density at radius 1 is 1.26 bits per heavy atom. The van der Waals surface area contributed by atoms with Gasteiger partial charge in [0.15, 0.2) is 21.5 Å². The maximum absolute atomic E-state index is 13.4. The number of nitrogens with zero attached hydrogens (tertiary/aromatic N) is 1. The van der Waals surface area contributed by atoms with E-state index in [0.717, 1.165) is 12.1 Å². The van der Waals surface area contributed by atoms with Gasteiger partial charge in [-0.2, -0.15) is 0 Å². The van der Waals surface area contributed by atoms with Gasteiger partial charge in [0, 0.05) is 13.1 Å². The average Bonchev–Trinajstić information content (AvgIpc) is 2.47. The molecule has 5 nitrogen and oxygen atoms in total. The number of hydrogen-bond donors (Lipinski definition) is 1. The predicted octanol–water partition coefficient (Wildman–Crippen LogP) is 2.02. The zero-order valence-corrected chi connectivity index (χ0v) is 13.5. The van der Waals surface area contributed by atoms with Crippen LogP contribution in [0.1, 0.15) is 18.5 Å². The molecule has 0 spiro atoms. The number of amides is 2. The Balaban J connectivity index is 2.12. The molecule has 126 valence electrons. The number of carbonyl (C=O) groups is 1. The smallest absolute Gasteiger partial charge is 0.318 e. The van der Waals surface area contributed by atoms with Gasteiger partial charge in [0.1, 0.15) is 0 Å². The zero-order chi connectivity index (χ0) is 17.2. The number of rotatable bonds is 3. The third-order valence-electron chi connectivity index (χ3n) is 3.67. The molecule has 1 N–H and O–H groups in total. The van der Waals surface area contributed by atoms with Crippen molar-refractivity contribution in [2.45, 2.75) is 13.0 Å². The van der Waals surface area contributed by atoms with E-state index in [9.17, 15) is 22.0 Å². The number of halogens is 2. The second-order valence-electron chi connectivity index (χ2n) is 5.54. The van der Waals surface area contributed by atoms with E-state index in [4.69, 9.17) is 0 Å². The van der Waals surface area contributed by atoms with E-state index in [-0.39, 0.29) is 24.6 Å². The monoisotopic (exact) mass is 344 g/mol. The third-order valence-corrected chi connectivity index (χ3v) is 5.28. The highest BCUT2D eigenvalue weighted by Gasteiger charge is 2.27. The van der Waals surface area contributed by atoms with Crippen LogP contribution in [0.5, 0.6) is 0 Å². The van der Waals surface area contributed by atoms with Gasteiger partial charge in [-0.1, -0.05) is 18.2 Å². The molecule has 0 bridgehead atoms. The van der Waals surface area contributed by atoms with Gasteiger partial charge < -0.3 is 10.2 Å². The molecule has 0 aliphatic carbocycles. The summed E-state index contributed by atoms with van der Waals surface area (Å²) in [5.41, 5.74) is 0.920. The molecular formula is C15H18F2N2O3S. The van der Waals surface area contributed by atoms with Crippen LogP contribution in [0.4, 0.5) is 13.6 Å². The van der Waals surface area contributed by atoms with E-state index in [1.165, 1.54) is 11.0 Å². The van der Waals surface area contributed by atoms with Gasteiger partial charge in [0.05, 0.1) is 17.5 Å². The molecule has 2 amide bonds. The Labute approximate surface area is 133 Å². The number of sulfone groups is 1.